The van der Waals surface area contributed by atoms with E-state index >= 15 is 0 Å². The van der Waals surface area contributed by atoms with Crippen molar-refractivity contribution in [3.63, 3.8) is 0 Å². The largest absolute Gasteiger partial charge is 0.398 e. The molecule has 1 atom stereocenters. The van der Waals surface area contributed by atoms with Gasteiger partial charge in [0.25, 0.3) is 0 Å². The zero-order valence-electron chi connectivity index (χ0n) is 9.48. The molecule has 0 saturated heterocycles. The number of rotatable bonds is 3. The summed E-state index contributed by atoms with van der Waals surface area (Å²) in [7, 11) is 0. The number of anilines is 1. The summed E-state index contributed by atoms with van der Waals surface area (Å²) in [6.45, 7) is 0. The van der Waals surface area contributed by atoms with E-state index in [4.69, 9.17) is 5.73 Å². The van der Waals surface area contributed by atoms with Crippen molar-refractivity contribution in [3.05, 3.63) is 59.4 Å². The average molecular weight is 250 g/mol. The van der Waals surface area contributed by atoms with Crippen LogP contribution in [0, 0.1) is 11.6 Å². The maximum absolute atomic E-state index is 13.0. The molecule has 94 valence electrons. The molecule has 5 heteroatoms. The molecule has 0 amide bonds. The van der Waals surface area contributed by atoms with E-state index in [0.29, 0.717) is 16.8 Å². The lowest BCUT2D eigenvalue weighted by Gasteiger charge is -2.12. The number of hydrogen-bond acceptors (Lipinski definition) is 3. The van der Waals surface area contributed by atoms with Crippen LogP contribution in [0.25, 0.3) is 0 Å². The Labute approximate surface area is 103 Å². The van der Waals surface area contributed by atoms with Crippen LogP contribution in [-0.4, -0.2) is 10.1 Å². The molecule has 1 aromatic carbocycles. The number of aromatic nitrogens is 1. The highest BCUT2D eigenvalue weighted by Crippen LogP contribution is 2.22. The summed E-state index contributed by atoms with van der Waals surface area (Å²) in [5, 5.41) is 9.94. The fourth-order valence-corrected chi connectivity index (χ4v) is 1.65. The number of hydrogen-bond donors (Lipinski definition) is 2. The molecule has 0 fully saturated rings. The first-order chi connectivity index (χ1) is 8.58. The van der Waals surface area contributed by atoms with E-state index in [9.17, 15) is 13.9 Å². The summed E-state index contributed by atoms with van der Waals surface area (Å²) in [5.41, 5.74) is 7.19. The number of aliphatic hydroxyl groups is 1. The van der Waals surface area contributed by atoms with E-state index in [1.807, 2.05) is 0 Å². The van der Waals surface area contributed by atoms with Gasteiger partial charge in [0.2, 0.25) is 0 Å². The number of nitrogens with two attached hydrogens (primary N) is 1. The molecule has 3 nitrogen and oxygen atoms in total. The molecular weight excluding hydrogens is 238 g/mol. The quantitative estimate of drug-likeness (QED) is 0.878. The fraction of sp³-hybridized carbons (Fsp3) is 0.154. The maximum Gasteiger partial charge on any atom is 0.159 e. The van der Waals surface area contributed by atoms with Gasteiger partial charge in [0.1, 0.15) is 0 Å². The van der Waals surface area contributed by atoms with Crippen molar-refractivity contribution in [3.8, 4) is 0 Å². The van der Waals surface area contributed by atoms with Crippen LogP contribution in [0.3, 0.4) is 0 Å². The predicted octanol–water partition coefficient (Wildman–Crippen LogP) is 2.22. The Balaban J connectivity index is 2.19. The van der Waals surface area contributed by atoms with Gasteiger partial charge in [-0.1, -0.05) is 6.07 Å². The average Bonchev–Trinajstić information content (AvgIpc) is 2.35. The van der Waals surface area contributed by atoms with E-state index < -0.39 is 17.7 Å². The van der Waals surface area contributed by atoms with Gasteiger partial charge >= 0.3 is 0 Å². The minimum absolute atomic E-state index is 0.199. The standard InChI is InChI=1S/C13H12F2N2O/c14-10-2-1-8(5-11(10)15)13(18)6-9-7-17-4-3-12(9)16/h1-5,7,13,18H,6H2,(H2,16,17). The lowest BCUT2D eigenvalue weighted by Crippen LogP contribution is -2.05. The zero-order valence-corrected chi connectivity index (χ0v) is 9.48. The Morgan fingerprint density at radius 1 is 1.22 bits per heavy atom. The van der Waals surface area contributed by atoms with Gasteiger partial charge in [-0.2, -0.15) is 0 Å². The topological polar surface area (TPSA) is 59.1 Å². The Bertz CT molecular complexity index is 560. The lowest BCUT2D eigenvalue weighted by molar-refractivity contribution is 0.178. The number of aliphatic hydroxyl groups excluding tert-OH is 1. The van der Waals surface area contributed by atoms with Gasteiger partial charge in [-0.25, -0.2) is 8.78 Å². The van der Waals surface area contributed by atoms with Crippen molar-refractivity contribution in [1.29, 1.82) is 0 Å². The highest BCUT2D eigenvalue weighted by Gasteiger charge is 2.13. The van der Waals surface area contributed by atoms with Crippen molar-refractivity contribution in [2.24, 2.45) is 0 Å². The second-order valence-electron chi connectivity index (χ2n) is 3.97. The van der Waals surface area contributed by atoms with Crippen LogP contribution in [-0.2, 0) is 6.42 Å². The van der Waals surface area contributed by atoms with Crippen molar-refractivity contribution in [1.82, 2.24) is 4.98 Å². The molecule has 1 aromatic heterocycles. The van der Waals surface area contributed by atoms with Gasteiger partial charge in [-0.05, 0) is 29.3 Å². The number of pyridine rings is 1. The molecule has 0 aliphatic carbocycles. The van der Waals surface area contributed by atoms with Crippen LogP contribution in [0.4, 0.5) is 14.5 Å². The van der Waals surface area contributed by atoms with Crippen LogP contribution < -0.4 is 5.73 Å². The minimum Gasteiger partial charge on any atom is -0.398 e. The smallest absolute Gasteiger partial charge is 0.159 e. The normalized spacial score (nSPS) is 12.4. The lowest BCUT2D eigenvalue weighted by atomic mass is 10.0. The molecule has 18 heavy (non-hydrogen) atoms. The molecule has 1 unspecified atom stereocenters. The number of nitrogens with zero attached hydrogens (tertiary/aromatic N) is 1. The molecule has 0 aliphatic heterocycles. The van der Waals surface area contributed by atoms with Crippen molar-refractivity contribution < 1.29 is 13.9 Å². The molecule has 0 aliphatic rings. The van der Waals surface area contributed by atoms with E-state index in [-0.39, 0.29) is 6.42 Å². The van der Waals surface area contributed by atoms with Crippen molar-refractivity contribution in [2.75, 3.05) is 5.73 Å². The van der Waals surface area contributed by atoms with E-state index in [1.54, 1.807) is 18.5 Å². The van der Waals surface area contributed by atoms with Crippen LogP contribution in [0.2, 0.25) is 0 Å². The molecule has 0 spiro atoms. The third-order valence-electron chi connectivity index (χ3n) is 2.68. The Morgan fingerprint density at radius 2 is 2.00 bits per heavy atom. The van der Waals surface area contributed by atoms with Gasteiger partial charge in [-0.15, -0.1) is 0 Å². The van der Waals surface area contributed by atoms with Crippen LogP contribution in [0.15, 0.2) is 36.7 Å². The third-order valence-corrected chi connectivity index (χ3v) is 2.68. The van der Waals surface area contributed by atoms with Crippen LogP contribution in [0.1, 0.15) is 17.2 Å². The first-order valence-electron chi connectivity index (χ1n) is 5.39. The highest BCUT2D eigenvalue weighted by molar-refractivity contribution is 5.45. The van der Waals surface area contributed by atoms with Crippen molar-refractivity contribution in [2.45, 2.75) is 12.5 Å². The zero-order chi connectivity index (χ0) is 13.1. The fourth-order valence-electron chi connectivity index (χ4n) is 1.65. The number of benzene rings is 1. The molecular formula is C13H12F2N2O. The van der Waals surface area contributed by atoms with Crippen molar-refractivity contribution >= 4 is 5.69 Å². The molecule has 0 radical (unpaired) electrons. The second-order valence-corrected chi connectivity index (χ2v) is 3.97. The maximum atomic E-state index is 13.0. The van der Waals surface area contributed by atoms with Gasteiger partial charge in [0, 0.05) is 24.5 Å². The summed E-state index contributed by atoms with van der Waals surface area (Å²) in [4.78, 5) is 3.90. The van der Waals surface area contributed by atoms with E-state index in [1.165, 1.54) is 6.07 Å². The first-order valence-corrected chi connectivity index (χ1v) is 5.39. The summed E-state index contributed by atoms with van der Waals surface area (Å²) in [6, 6.07) is 4.93. The Morgan fingerprint density at radius 3 is 2.67 bits per heavy atom. The molecule has 0 saturated carbocycles. The third kappa shape index (κ3) is 2.62. The van der Waals surface area contributed by atoms with Crippen LogP contribution >= 0.6 is 0 Å². The summed E-state index contributed by atoms with van der Waals surface area (Å²) < 4.78 is 25.8. The predicted molar refractivity (Wildman–Crippen MR) is 63.7 cm³/mol. The van der Waals surface area contributed by atoms with E-state index in [2.05, 4.69) is 4.98 Å². The van der Waals surface area contributed by atoms with Gasteiger partial charge < -0.3 is 10.8 Å². The van der Waals surface area contributed by atoms with Gasteiger partial charge in [0.15, 0.2) is 11.6 Å². The minimum atomic E-state index is -0.981. The molecule has 2 rings (SSSR count). The molecule has 1 heterocycles. The number of nitrogen functional groups attached to an aromatic ring is 1. The van der Waals surface area contributed by atoms with E-state index in [0.717, 1.165) is 12.1 Å². The summed E-state index contributed by atoms with van der Waals surface area (Å²) >= 11 is 0. The molecule has 2 aromatic rings. The Hall–Kier alpha value is -2.01. The Kier molecular flexibility index (Phi) is 3.53. The summed E-state index contributed by atoms with van der Waals surface area (Å²) in [6.07, 6.45) is 2.33. The number of halogens is 2. The monoisotopic (exact) mass is 250 g/mol. The molecule has 3 N–H and O–H groups in total. The SMILES string of the molecule is Nc1ccncc1CC(O)c1ccc(F)c(F)c1. The first kappa shape index (κ1) is 12.4. The van der Waals surface area contributed by atoms with Gasteiger partial charge in [-0.3, -0.25) is 4.98 Å². The molecule has 0 bridgehead atoms. The summed E-state index contributed by atoms with van der Waals surface area (Å²) in [5.74, 6) is -1.92. The second kappa shape index (κ2) is 5.10. The van der Waals surface area contributed by atoms with Gasteiger partial charge in [0.05, 0.1) is 6.10 Å². The highest BCUT2D eigenvalue weighted by atomic mass is 19.2. The van der Waals surface area contributed by atoms with Crippen LogP contribution in [0.5, 0.6) is 0 Å².